The number of benzene rings is 1. The lowest BCUT2D eigenvalue weighted by atomic mass is 9.65. The maximum absolute atomic E-state index is 12.9. The highest BCUT2D eigenvalue weighted by atomic mass is 19.1. The molecule has 0 radical (unpaired) electrons. The van der Waals surface area contributed by atoms with Crippen molar-refractivity contribution in [3.8, 4) is 5.75 Å². The molecular formula is C19H27FN2O2. The molecule has 2 fully saturated rings. The van der Waals surface area contributed by atoms with E-state index in [0.29, 0.717) is 30.7 Å². The van der Waals surface area contributed by atoms with Gasteiger partial charge in [0.25, 0.3) is 0 Å². The van der Waals surface area contributed by atoms with Crippen LogP contribution in [0.1, 0.15) is 32.1 Å². The molecule has 2 saturated carbocycles. The maximum Gasteiger partial charge on any atom is 0.225 e. The third kappa shape index (κ3) is 3.89. The summed E-state index contributed by atoms with van der Waals surface area (Å²) in [6.07, 6.45) is 5.45. The first-order valence-corrected chi connectivity index (χ1v) is 8.93. The molecule has 1 aromatic rings. The number of nitrogens with two attached hydrogens (primary N) is 1. The van der Waals surface area contributed by atoms with Gasteiger partial charge in [0, 0.05) is 19.0 Å². The predicted molar refractivity (Wildman–Crippen MR) is 91.1 cm³/mol. The zero-order valence-corrected chi connectivity index (χ0v) is 14.3. The van der Waals surface area contributed by atoms with Gasteiger partial charge in [0.1, 0.15) is 18.2 Å². The van der Waals surface area contributed by atoms with Crippen LogP contribution in [0, 0.1) is 23.6 Å². The van der Waals surface area contributed by atoms with Gasteiger partial charge in [-0.25, -0.2) is 4.39 Å². The van der Waals surface area contributed by atoms with Crippen LogP contribution in [-0.2, 0) is 4.79 Å². The molecule has 0 aromatic heterocycles. The van der Waals surface area contributed by atoms with Crippen molar-refractivity contribution in [1.82, 2.24) is 4.90 Å². The van der Waals surface area contributed by atoms with Gasteiger partial charge in [-0.1, -0.05) is 6.42 Å². The average Bonchev–Trinajstić information content (AvgIpc) is 2.55. The first-order chi connectivity index (χ1) is 11.5. The molecule has 5 heteroatoms. The lowest BCUT2D eigenvalue weighted by molar-refractivity contribution is -0.137. The summed E-state index contributed by atoms with van der Waals surface area (Å²) in [4.78, 5) is 14.5. The summed E-state index contributed by atoms with van der Waals surface area (Å²) in [7, 11) is 1.83. The largest absolute Gasteiger partial charge is 0.492 e. The number of fused-ring (bicyclic) bond motifs is 2. The number of carbonyl (C=O) groups is 1. The number of likely N-dealkylation sites (N-methyl/N-ethyl adjacent to an activating group) is 1. The highest BCUT2D eigenvalue weighted by Crippen LogP contribution is 2.42. The first-order valence-electron chi connectivity index (χ1n) is 8.93. The molecule has 2 aliphatic carbocycles. The summed E-state index contributed by atoms with van der Waals surface area (Å²) in [5.74, 6) is 1.68. The molecule has 0 heterocycles. The van der Waals surface area contributed by atoms with Crippen molar-refractivity contribution in [3.63, 3.8) is 0 Å². The summed E-state index contributed by atoms with van der Waals surface area (Å²) >= 11 is 0. The van der Waals surface area contributed by atoms with Crippen LogP contribution in [0.4, 0.5) is 4.39 Å². The minimum Gasteiger partial charge on any atom is -0.492 e. The topological polar surface area (TPSA) is 55.6 Å². The second kappa shape index (κ2) is 7.51. The lowest BCUT2D eigenvalue weighted by Gasteiger charge is -2.44. The number of amides is 1. The number of nitrogens with zero attached hydrogens (tertiary/aromatic N) is 1. The zero-order valence-electron chi connectivity index (χ0n) is 14.3. The van der Waals surface area contributed by atoms with Crippen LogP contribution in [0.3, 0.4) is 0 Å². The van der Waals surface area contributed by atoms with Gasteiger partial charge in [0.15, 0.2) is 0 Å². The highest BCUT2D eigenvalue weighted by molar-refractivity contribution is 5.78. The van der Waals surface area contributed by atoms with E-state index in [1.165, 1.54) is 31.4 Å². The molecule has 4 nitrogen and oxygen atoms in total. The molecule has 1 aromatic carbocycles. The summed E-state index contributed by atoms with van der Waals surface area (Å²) in [5, 5.41) is 0. The van der Waals surface area contributed by atoms with Crippen molar-refractivity contribution >= 4 is 5.91 Å². The lowest BCUT2D eigenvalue weighted by Crippen LogP contribution is -2.49. The molecule has 24 heavy (non-hydrogen) atoms. The van der Waals surface area contributed by atoms with E-state index in [4.69, 9.17) is 10.5 Å². The van der Waals surface area contributed by atoms with E-state index in [9.17, 15) is 9.18 Å². The monoisotopic (exact) mass is 334 g/mol. The summed E-state index contributed by atoms with van der Waals surface area (Å²) < 4.78 is 18.4. The van der Waals surface area contributed by atoms with E-state index in [-0.39, 0.29) is 23.7 Å². The van der Waals surface area contributed by atoms with Crippen LogP contribution in [0.25, 0.3) is 0 Å². The van der Waals surface area contributed by atoms with Gasteiger partial charge in [0.2, 0.25) is 5.91 Å². The van der Waals surface area contributed by atoms with Crippen molar-refractivity contribution in [2.45, 2.75) is 38.1 Å². The summed E-state index contributed by atoms with van der Waals surface area (Å²) in [5.41, 5.74) is 6.31. The van der Waals surface area contributed by atoms with Gasteiger partial charge in [-0.2, -0.15) is 0 Å². The Balaban J connectivity index is 1.47. The third-order valence-electron chi connectivity index (χ3n) is 5.65. The molecule has 2 bridgehead atoms. The molecule has 2 aliphatic rings. The van der Waals surface area contributed by atoms with E-state index < -0.39 is 0 Å². The molecule has 2 N–H and O–H groups in total. The summed E-state index contributed by atoms with van der Waals surface area (Å²) in [6, 6.07) is 6.22. The van der Waals surface area contributed by atoms with E-state index >= 15 is 0 Å². The first kappa shape index (κ1) is 17.2. The van der Waals surface area contributed by atoms with Crippen molar-refractivity contribution < 1.29 is 13.9 Å². The quantitative estimate of drug-likeness (QED) is 0.901. The SMILES string of the molecule is CN(CCOc1ccc(F)cc1)C(=O)C1CC2CCCC(C1)C2N. The molecule has 2 atom stereocenters. The number of ether oxygens (including phenoxy) is 1. The van der Waals surface area contributed by atoms with Crippen LogP contribution in [0.2, 0.25) is 0 Å². The van der Waals surface area contributed by atoms with E-state index in [1.54, 1.807) is 17.0 Å². The fourth-order valence-electron chi connectivity index (χ4n) is 4.24. The molecule has 2 unspecified atom stereocenters. The van der Waals surface area contributed by atoms with Gasteiger partial charge in [-0.05, 0) is 61.8 Å². The maximum atomic E-state index is 12.9. The molecule has 1 amide bonds. The molecule has 0 aliphatic heterocycles. The number of carbonyl (C=O) groups excluding carboxylic acids is 1. The number of rotatable bonds is 5. The number of hydrogen-bond donors (Lipinski definition) is 1. The van der Waals surface area contributed by atoms with Crippen molar-refractivity contribution in [2.75, 3.05) is 20.2 Å². The zero-order chi connectivity index (χ0) is 17.1. The second-order valence-electron chi connectivity index (χ2n) is 7.26. The van der Waals surface area contributed by atoms with Crippen LogP contribution >= 0.6 is 0 Å². The predicted octanol–water partition coefficient (Wildman–Crippen LogP) is 2.82. The smallest absolute Gasteiger partial charge is 0.225 e. The Morgan fingerprint density at radius 1 is 1.25 bits per heavy atom. The molecule has 0 spiro atoms. The third-order valence-corrected chi connectivity index (χ3v) is 5.65. The van der Waals surface area contributed by atoms with Gasteiger partial charge >= 0.3 is 0 Å². The Kier molecular flexibility index (Phi) is 5.39. The molecular weight excluding hydrogens is 307 g/mol. The van der Waals surface area contributed by atoms with Gasteiger partial charge in [-0.15, -0.1) is 0 Å². The Hall–Kier alpha value is -1.62. The molecule has 0 saturated heterocycles. The standard InChI is InChI=1S/C19H27FN2O2/c1-22(9-10-24-17-7-5-16(20)6-8-17)19(23)15-11-13-3-2-4-14(12-15)18(13)21/h5-8,13-15,18H,2-4,9-12,21H2,1H3. The Labute approximate surface area is 143 Å². The normalized spacial score (nSPS) is 29.1. The summed E-state index contributed by atoms with van der Waals surface area (Å²) in [6.45, 7) is 0.945. The Bertz CT molecular complexity index is 549. The van der Waals surface area contributed by atoms with E-state index in [0.717, 1.165) is 12.8 Å². The second-order valence-corrected chi connectivity index (χ2v) is 7.26. The van der Waals surface area contributed by atoms with Gasteiger partial charge < -0.3 is 15.4 Å². The van der Waals surface area contributed by atoms with Crippen molar-refractivity contribution in [1.29, 1.82) is 0 Å². The van der Waals surface area contributed by atoms with E-state index in [1.807, 2.05) is 7.05 Å². The van der Waals surface area contributed by atoms with Crippen LogP contribution in [0.15, 0.2) is 24.3 Å². The fraction of sp³-hybridized carbons (Fsp3) is 0.632. The number of hydrogen-bond acceptors (Lipinski definition) is 3. The Morgan fingerprint density at radius 3 is 2.50 bits per heavy atom. The van der Waals surface area contributed by atoms with Gasteiger partial charge in [-0.3, -0.25) is 4.79 Å². The molecule has 132 valence electrons. The van der Waals surface area contributed by atoms with Gasteiger partial charge in [0.05, 0.1) is 6.54 Å². The van der Waals surface area contributed by atoms with E-state index in [2.05, 4.69) is 0 Å². The minimum atomic E-state index is -0.282. The average molecular weight is 334 g/mol. The molecule has 3 rings (SSSR count). The Morgan fingerprint density at radius 2 is 1.88 bits per heavy atom. The minimum absolute atomic E-state index is 0.107. The van der Waals surface area contributed by atoms with Crippen LogP contribution < -0.4 is 10.5 Å². The number of halogens is 1. The van der Waals surface area contributed by atoms with Crippen LogP contribution in [-0.4, -0.2) is 37.0 Å². The van der Waals surface area contributed by atoms with Crippen molar-refractivity contribution in [2.24, 2.45) is 23.5 Å². The van der Waals surface area contributed by atoms with Crippen molar-refractivity contribution in [3.05, 3.63) is 30.1 Å². The fourth-order valence-corrected chi connectivity index (χ4v) is 4.24. The highest BCUT2D eigenvalue weighted by Gasteiger charge is 2.41. The van der Waals surface area contributed by atoms with Crippen LogP contribution in [0.5, 0.6) is 5.75 Å².